The van der Waals surface area contributed by atoms with Crippen LogP contribution in [0.2, 0.25) is 5.02 Å². The lowest BCUT2D eigenvalue weighted by atomic mass is 10.2. The topological polar surface area (TPSA) is 37.4 Å². The highest BCUT2D eigenvalue weighted by Gasteiger charge is 2.31. The van der Waals surface area contributed by atoms with Crippen molar-refractivity contribution in [3.63, 3.8) is 0 Å². The van der Waals surface area contributed by atoms with Crippen LogP contribution in [0, 0.1) is 0 Å². The second-order valence-corrected chi connectivity index (χ2v) is 6.36. The van der Waals surface area contributed by atoms with Gasteiger partial charge in [0.25, 0.3) is 0 Å². The van der Waals surface area contributed by atoms with Crippen LogP contribution in [0.5, 0.6) is 0 Å². The minimum atomic E-state index is -3.38. The Bertz CT molecular complexity index is 561. The van der Waals surface area contributed by atoms with E-state index < -0.39 is 9.84 Å². The zero-order valence-electron chi connectivity index (χ0n) is 9.07. The summed E-state index contributed by atoms with van der Waals surface area (Å²) in [6, 6.07) is 5.12. The maximum Gasteiger partial charge on any atom is 0.206 e. The van der Waals surface area contributed by atoms with Crippen molar-refractivity contribution in [2.24, 2.45) is 0 Å². The van der Waals surface area contributed by atoms with E-state index in [0.29, 0.717) is 22.0 Å². The Labute approximate surface area is 100 Å². The van der Waals surface area contributed by atoms with Crippen LogP contribution in [0.4, 0.5) is 0 Å². The van der Waals surface area contributed by atoms with Gasteiger partial charge in [0, 0.05) is 6.54 Å². The third-order valence-electron chi connectivity index (χ3n) is 2.40. The number of halogens is 1. The predicted octanol–water partition coefficient (Wildman–Crippen LogP) is 2.03. The molecule has 2 rings (SSSR count). The standard InChI is InChI=1S/C11H12ClNO2S/c1-13(2)7-9-6-8-4-3-5-10(12)11(8)16(9,14)15/h3-6H,7H2,1-2H3. The van der Waals surface area contributed by atoms with Gasteiger partial charge < -0.3 is 4.90 Å². The van der Waals surface area contributed by atoms with Crippen LogP contribution in [-0.4, -0.2) is 34.0 Å². The summed E-state index contributed by atoms with van der Waals surface area (Å²) >= 11 is 5.93. The van der Waals surface area contributed by atoms with E-state index in [4.69, 9.17) is 11.6 Å². The molecular formula is C11H12ClNO2S. The van der Waals surface area contributed by atoms with Crippen LogP contribution in [0.25, 0.3) is 6.08 Å². The Morgan fingerprint density at radius 1 is 1.31 bits per heavy atom. The SMILES string of the molecule is CN(C)CC1=Cc2cccc(Cl)c2S1(=O)=O. The number of fused-ring (bicyclic) bond motifs is 1. The van der Waals surface area contributed by atoms with Gasteiger partial charge in [-0.25, -0.2) is 8.42 Å². The van der Waals surface area contributed by atoms with Gasteiger partial charge in [-0.05, 0) is 31.8 Å². The maximum absolute atomic E-state index is 12.2. The Morgan fingerprint density at radius 3 is 2.56 bits per heavy atom. The van der Waals surface area contributed by atoms with Crippen molar-refractivity contribution >= 4 is 27.5 Å². The minimum Gasteiger partial charge on any atom is -0.304 e. The average Bonchev–Trinajstić information content (AvgIpc) is 2.38. The second kappa shape index (κ2) is 3.87. The number of rotatable bonds is 2. The van der Waals surface area contributed by atoms with E-state index >= 15 is 0 Å². The highest BCUT2D eigenvalue weighted by molar-refractivity contribution is 7.96. The lowest BCUT2D eigenvalue weighted by molar-refractivity contribution is 0.451. The van der Waals surface area contributed by atoms with Crippen LogP contribution in [-0.2, 0) is 9.84 Å². The van der Waals surface area contributed by atoms with Gasteiger partial charge >= 0.3 is 0 Å². The van der Waals surface area contributed by atoms with Crippen molar-refractivity contribution in [1.82, 2.24) is 4.90 Å². The zero-order chi connectivity index (χ0) is 11.9. The van der Waals surface area contributed by atoms with Crippen LogP contribution in [0.3, 0.4) is 0 Å². The molecule has 86 valence electrons. The lowest BCUT2D eigenvalue weighted by Crippen LogP contribution is -2.18. The number of hydrogen-bond donors (Lipinski definition) is 0. The Hall–Kier alpha value is -0.840. The number of hydrogen-bond acceptors (Lipinski definition) is 3. The minimum absolute atomic E-state index is 0.244. The highest BCUT2D eigenvalue weighted by Crippen LogP contribution is 2.37. The molecule has 0 saturated carbocycles. The molecule has 1 aliphatic heterocycles. The van der Waals surface area contributed by atoms with E-state index in [0.717, 1.165) is 0 Å². The molecule has 0 spiro atoms. The number of sulfone groups is 1. The third-order valence-corrected chi connectivity index (χ3v) is 4.76. The van der Waals surface area contributed by atoms with Crippen molar-refractivity contribution in [2.75, 3.05) is 20.6 Å². The fourth-order valence-corrected chi connectivity index (χ4v) is 3.97. The van der Waals surface area contributed by atoms with Gasteiger partial charge in [-0.15, -0.1) is 0 Å². The average molecular weight is 258 g/mol. The summed E-state index contributed by atoms with van der Waals surface area (Å²) in [4.78, 5) is 2.47. The van der Waals surface area contributed by atoms with Crippen LogP contribution >= 0.6 is 11.6 Å². The van der Waals surface area contributed by atoms with Gasteiger partial charge in [0.1, 0.15) is 0 Å². The van der Waals surface area contributed by atoms with E-state index in [9.17, 15) is 8.42 Å². The first-order chi connectivity index (χ1) is 7.43. The Kier molecular flexibility index (Phi) is 2.82. The van der Waals surface area contributed by atoms with Crippen LogP contribution < -0.4 is 0 Å². The molecule has 0 fully saturated rings. The first-order valence-electron chi connectivity index (χ1n) is 4.82. The van der Waals surface area contributed by atoms with Gasteiger partial charge in [-0.2, -0.15) is 0 Å². The van der Waals surface area contributed by atoms with E-state index in [-0.39, 0.29) is 4.90 Å². The fourth-order valence-electron chi connectivity index (χ4n) is 1.75. The summed E-state index contributed by atoms with van der Waals surface area (Å²) in [5.74, 6) is 0. The molecule has 0 atom stereocenters. The molecule has 0 N–H and O–H groups in total. The van der Waals surface area contributed by atoms with E-state index in [1.54, 1.807) is 24.3 Å². The maximum atomic E-state index is 12.2. The first-order valence-corrected chi connectivity index (χ1v) is 6.68. The first kappa shape index (κ1) is 11.6. The number of nitrogens with zero attached hydrogens (tertiary/aromatic N) is 1. The molecule has 0 radical (unpaired) electrons. The van der Waals surface area contributed by atoms with E-state index in [1.807, 2.05) is 19.0 Å². The van der Waals surface area contributed by atoms with E-state index in [1.165, 1.54) is 0 Å². The van der Waals surface area contributed by atoms with Gasteiger partial charge in [0.05, 0.1) is 14.8 Å². The van der Waals surface area contributed by atoms with Crippen molar-refractivity contribution in [3.05, 3.63) is 33.7 Å². The summed E-state index contributed by atoms with van der Waals surface area (Å²) in [6.07, 6.45) is 1.69. The summed E-state index contributed by atoms with van der Waals surface area (Å²) in [6.45, 7) is 0.396. The molecule has 1 aromatic carbocycles. The summed E-state index contributed by atoms with van der Waals surface area (Å²) < 4.78 is 24.3. The molecular weight excluding hydrogens is 246 g/mol. The van der Waals surface area contributed by atoms with Crippen LogP contribution in [0.1, 0.15) is 5.56 Å². The molecule has 1 aliphatic rings. The Morgan fingerprint density at radius 2 is 2.00 bits per heavy atom. The normalized spacial score (nSPS) is 17.4. The molecule has 0 aliphatic carbocycles. The summed E-state index contributed by atoms with van der Waals surface area (Å²) in [5.41, 5.74) is 0.685. The molecule has 16 heavy (non-hydrogen) atoms. The van der Waals surface area contributed by atoms with Crippen molar-refractivity contribution in [3.8, 4) is 0 Å². The molecule has 5 heteroatoms. The van der Waals surface area contributed by atoms with E-state index in [2.05, 4.69) is 0 Å². The smallest absolute Gasteiger partial charge is 0.206 e. The predicted molar refractivity (Wildman–Crippen MR) is 65.2 cm³/mol. The number of likely N-dealkylation sites (N-methyl/N-ethyl adjacent to an activating group) is 1. The second-order valence-electron chi connectivity index (χ2n) is 4.01. The van der Waals surface area contributed by atoms with Crippen molar-refractivity contribution < 1.29 is 8.42 Å². The monoisotopic (exact) mass is 257 g/mol. The fraction of sp³-hybridized carbons (Fsp3) is 0.273. The third kappa shape index (κ3) is 1.77. The molecule has 0 saturated heterocycles. The summed E-state index contributed by atoms with van der Waals surface area (Å²) in [7, 11) is 0.284. The molecule has 0 amide bonds. The molecule has 0 aromatic heterocycles. The van der Waals surface area contributed by atoms with Crippen molar-refractivity contribution in [1.29, 1.82) is 0 Å². The molecule has 1 heterocycles. The highest BCUT2D eigenvalue weighted by atomic mass is 35.5. The summed E-state index contributed by atoms with van der Waals surface area (Å²) in [5, 5.41) is 0.294. The quantitative estimate of drug-likeness (QED) is 0.814. The molecule has 0 bridgehead atoms. The van der Waals surface area contributed by atoms with Gasteiger partial charge in [0.2, 0.25) is 9.84 Å². The van der Waals surface area contributed by atoms with Gasteiger partial charge in [-0.3, -0.25) is 0 Å². The largest absolute Gasteiger partial charge is 0.304 e. The van der Waals surface area contributed by atoms with Crippen molar-refractivity contribution in [2.45, 2.75) is 4.90 Å². The molecule has 1 aromatic rings. The molecule has 3 nitrogen and oxygen atoms in total. The van der Waals surface area contributed by atoms with Gasteiger partial charge in [-0.1, -0.05) is 23.7 Å². The van der Waals surface area contributed by atoms with Crippen LogP contribution in [0.15, 0.2) is 28.0 Å². The lowest BCUT2D eigenvalue weighted by Gasteiger charge is -2.10. The Balaban J connectivity index is 2.56. The van der Waals surface area contributed by atoms with Gasteiger partial charge in [0.15, 0.2) is 0 Å². The molecule has 0 unspecified atom stereocenters. The zero-order valence-corrected chi connectivity index (χ0v) is 10.6. The number of benzene rings is 1.